The first-order chi connectivity index (χ1) is 15.3. The highest BCUT2D eigenvalue weighted by Crippen LogP contribution is 2.21. The molecule has 3 aromatic carbocycles. The molecular weight excluding hydrogens is 388 g/mol. The molecule has 0 atom stereocenters. The van der Waals surface area contributed by atoms with Crippen LogP contribution in [-0.2, 0) is 0 Å². The minimum absolute atomic E-state index is 0.0405. The number of nitrogens with one attached hydrogen (secondary N) is 2. The van der Waals surface area contributed by atoms with Crippen molar-refractivity contribution < 1.29 is 4.79 Å². The minimum Gasteiger partial charge on any atom is -0.361 e. The van der Waals surface area contributed by atoms with E-state index in [0.717, 1.165) is 27.7 Å². The lowest BCUT2D eigenvalue weighted by atomic mass is 10.2. The third-order valence-electron chi connectivity index (χ3n) is 4.83. The van der Waals surface area contributed by atoms with Crippen molar-refractivity contribution in [1.29, 1.82) is 0 Å². The number of carbonyl (C=O) groups is 1. The summed E-state index contributed by atoms with van der Waals surface area (Å²) in [5.41, 5.74) is 6.08. The van der Waals surface area contributed by atoms with Gasteiger partial charge < -0.3 is 4.98 Å². The number of hydrazone groups is 1. The first kappa shape index (κ1) is 18.5. The van der Waals surface area contributed by atoms with Crippen LogP contribution in [0, 0.1) is 0 Å². The fraction of sp³-hybridized carbons (Fsp3) is 0. The van der Waals surface area contributed by atoms with Gasteiger partial charge in [-0.15, -0.1) is 5.10 Å². The van der Waals surface area contributed by atoms with Gasteiger partial charge in [-0.1, -0.05) is 66.7 Å². The van der Waals surface area contributed by atoms with Crippen molar-refractivity contribution in [3.63, 3.8) is 0 Å². The van der Waals surface area contributed by atoms with Gasteiger partial charge in [0.1, 0.15) is 0 Å². The van der Waals surface area contributed by atoms with Crippen LogP contribution in [0.3, 0.4) is 0 Å². The summed E-state index contributed by atoms with van der Waals surface area (Å²) in [5.74, 6) is 0.138. The van der Waals surface area contributed by atoms with E-state index < -0.39 is 5.91 Å². The van der Waals surface area contributed by atoms with Crippen molar-refractivity contribution in [3.05, 3.63) is 103 Å². The van der Waals surface area contributed by atoms with E-state index in [9.17, 15) is 4.79 Å². The number of hydrogen-bond acceptors (Lipinski definition) is 4. The molecule has 0 spiro atoms. The van der Waals surface area contributed by atoms with Crippen LogP contribution in [-0.4, -0.2) is 31.9 Å². The molecule has 1 amide bonds. The third-order valence-corrected chi connectivity index (χ3v) is 4.83. The number of H-pyrrole nitrogens is 1. The topological polar surface area (TPSA) is 88.0 Å². The number of benzene rings is 3. The third kappa shape index (κ3) is 3.72. The number of aromatic amines is 1. The largest absolute Gasteiger partial charge is 0.361 e. The molecule has 0 aliphatic heterocycles. The molecule has 2 aromatic heterocycles. The van der Waals surface area contributed by atoms with Gasteiger partial charge in [-0.05, 0) is 18.2 Å². The Morgan fingerprint density at radius 3 is 2.45 bits per heavy atom. The maximum absolute atomic E-state index is 12.7. The van der Waals surface area contributed by atoms with Crippen molar-refractivity contribution in [2.75, 3.05) is 0 Å². The van der Waals surface area contributed by atoms with E-state index in [4.69, 9.17) is 0 Å². The van der Waals surface area contributed by atoms with E-state index in [0.29, 0.717) is 5.82 Å². The summed E-state index contributed by atoms with van der Waals surface area (Å²) >= 11 is 0. The van der Waals surface area contributed by atoms with E-state index in [-0.39, 0.29) is 5.82 Å². The van der Waals surface area contributed by atoms with E-state index >= 15 is 0 Å². The maximum Gasteiger partial charge on any atom is 0.311 e. The lowest BCUT2D eigenvalue weighted by Crippen LogP contribution is -2.19. The van der Waals surface area contributed by atoms with Gasteiger partial charge in [-0.2, -0.15) is 5.10 Å². The van der Waals surface area contributed by atoms with E-state index in [2.05, 4.69) is 25.6 Å². The predicted octanol–water partition coefficient (Wildman–Crippen LogP) is 4.18. The molecule has 0 aliphatic carbocycles. The number of carbonyl (C=O) groups excluding carboxylic acids is 1. The molecule has 0 saturated carbocycles. The maximum atomic E-state index is 12.7. The molecule has 7 heteroatoms. The number of rotatable bonds is 5. The molecule has 0 unspecified atom stereocenters. The van der Waals surface area contributed by atoms with E-state index in [1.807, 2.05) is 91.1 Å². The van der Waals surface area contributed by atoms with Gasteiger partial charge in [-0.3, -0.25) is 4.79 Å². The van der Waals surface area contributed by atoms with Gasteiger partial charge in [-0.25, -0.2) is 15.1 Å². The second-order valence-electron chi connectivity index (χ2n) is 6.86. The minimum atomic E-state index is -0.483. The molecule has 0 bridgehead atoms. The van der Waals surface area contributed by atoms with Crippen molar-refractivity contribution >= 4 is 23.0 Å². The molecule has 150 valence electrons. The highest BCUT2D eigenvalue weighted by atomic mass is 16.2. The molecule has 0 radical (unpaired) electrons. The Morgan fingerprint density at radius 1 is 0.935 bits per heavy atom. The van der Waals surface area contributed by atoms with Gasteiger partial charge in [0.25, 0.3) is 0 Å². The smallest absolute Gasteiger partial charge is 0.311 e. The predicted molar refractivity (Wildman–Crippen MR) is 120 cm³/mol. The summed E-state index contributed by atoms with van der Waals surface area (Å²) in [6, 6.07) is 27.1. The van der Waals surface area contributed by atoms with Crippen LogP contribution in [0.25, 0.3) is 28.0 Å². The van der Waals surface area contributed by atoms with Crippen LogP contribution in [0.5, 0.6) is 0 Å². The molecule has 2 N–H and O–H groups in total. The Kier molecular flexibility index (Phi) is 4.82. The zero-order chi connectivity index (χ0) is 21.0. The molecule has 5 aromatic rings. The Hall–Kier alpha value is -4.52. The fourth-order valence-electron chi connectivity index (χ4n) is 3.34. The first-order valence-electron chi connectivity index (χ1n) is 9.77. The molecule has 0 aliphatic rings. The lowest BCUT2D eigenvalue weighted by molar-refractivity contribution is 0.0945. The monoisotopic (exact) mass is 406 g/mol. The second-order valence-corrected chi connectivity index (χ2v) is 6.86. The van der Waals surface area contributed by atoms with Crippen molar-refractivity contribution in [3.8, 4) is 17.1 Å². The standard InChI is InChI=1S/C24H18N6O/c31-24(28-26-16-18-15-25-21-14-8-7-13-20(18)21)22-27-23(17-9-3-1-4-10-17)30(29-22)19-11-5-2-6-12-19/h1-16,25H,(H,28,31)/b26-16-. The molecule has 0 fully saturated rings. The van der Waals surface area contributed by atoms with Crippen LogP contribution in [0.2, 0.25) is 0 Å². The summed E-state index contributed by atoms with van der Waals surface area (Å²) < 4.78 is 1.66. The quantitative estimate of drug-likeness (QED) is 0.339. The fourth-order valence-corrected chi connectivity index (χ4v) is 3.34. The second kappa shape index (κ2) is 8.08. The number of amides is 1. The average molecular weight is 406 g/mol. The molecule has 31 heavy (non-hydrogen) atoms. The molecule has 5 rings (SSSR count). The van der Waals surface area contributed by atoms with Gasteiger partial charge in [0.15, 0.2) is 5.82 Å². The van der Waals surface area contributed by atoms with Crippen LogP contribution < -0.4 is 5.43 Å². The van der Waals surface area contributed by atoms with E-state index in [1.54, 1.807) is 10.9 Å². The normalized spacial score (nSPS) is 11.2. The summed E-state index contributed by atoms with van der Waals surface area (Å²) in [4.78, 5) is 20.3. The van der Waals surface area contributed by atoms with Crippen LogP contribution in [0.1, 0.15) is 16.2 Å². The van der Waals surface area contributed by atoms with Crippen LogP contribution >= 0.6 is 0 Å². The summed E-state index contributed by atoms with van der Waals surface area (Å²) in [6.07, 6.45) is 3.44. The zero-order valence-corrected chi connectivity index (χ0v) is 16.4. The van der Waals surface area contributed by atoms with Gasteiger partial charge in [0.2, 0.25) is 5.82 Å². The Bertz CT molecular complexity index is 1310. The van der Waals surface area contributed by atoms with Crippen molar-refractivity contribution in [2.24, 2.45) is 5.10 Å². The lowest BCUT2D eigenvalue weighted by Gasteiger charge is -2.05. The SMILES string of the molecule is O=C(N/N=C\c1c[nH]c2ccccc12)c1nc(-c2ccccc2)n(-c2ccccc2)n1. The number of aromatic nitrogens is 4. The Morgan fingerprint density at radius 2 is 1.65 bits per heavy atom. The van der Waals surface area contributed by atoms with Gasteiger partial charge in [0.05, 0.1) is 11.9 Å². The number of para-hydroxylation sites is 2. The van der Waals surface area contributed by atoms with Crippen molar-refractivity contribution in [1.82, 2.24) is 25.2 Å². The summed E-state index contributed by atoms with van der Waals surface area (Å²) in [6.45, 7) is 0. The molecular formula is C24H18N6O. The molecule has 0 saturated heterocycles. The van der Waals surface area contributed by atoms with Crippen molar-refractivity contribution in [2.45, 2.75) is 0 Å². The highest BCUT2D eigenvalue weighted by molar-refractivity contribution is 5.99. The Labute approximate surface area is 178 Å². The van der Waals surface area contributed by atoms with E-state index in [1.165, 1.54) is 0 Å². The summed E-state index contributed by atoms with van der Waals surface area (Å²) in [5, 5.41) is 9.55. The number of fused-ring (bicyclic) bond motifs is 1. The van der Waals surface area contributed by atoms with Crippen LogP contribution in [0.15, 0.2) is 96.2 Å². The zero-order valence-electron chi connectivity index (χ0n) is 16.4. The average Bonchev–Trinajstić information content (AvgIpc) is 3.45. The van der Waals surface area contributed by atoms with Crippen LogP contribution in [0.4, 0.5) is 0 Å². The highest BCUT2D eigenvalue weighted by Gasteiger charge is 2.18. The summed E-state index contributed by atoms with van der Waals surface area (Å²) in [7, 11) is 0. The first-order valence-corrected chi connectivity index (χ1v) is 9.77. The Balaban J connectivity index is 1.43. The van der Waals surface area contributed by atoms with Gasteiger partial charge in [0, 0.05) is 28.2 Å². The molecule has 7 nitrogen and oxygen atoms in total. The number of hydrogen-bond donors (Lipinski definition) is 2. The van der Waals surface area contributed by atoms with Gasteiger partial charge >= 0.3 is 5.91 Å². The molecule has 2 heterocycles. The number of nitrogens with zero attached hydrogens (tertiary/aromatic N) is 4.